The number of amides is 6. The van der Waals surface area contributed by atoms with Crippen LogP contribution in [-0.4, -0.2) is 103 Å². The number of hydrogen-bond donors (Lipinski definition) is 6. The average Bonchev–Trinajstić information content (AvgIpc) is 1.34. The lowest BCUT2D eigenvalue weighted by Crippen LogP contribution is -2.33. The Hall–Kier alpha value is -10.8. The number of fused-ring (bicyclic) bond motifs is 12. The van der Waals surface area contributed by atoms with Gasteiger partial charge in [0.15, 0.2) is 11.2 Å². The van der Waals surface area contributed by atoms with E-state index in [2.05, 4.69) is 10.6 Å². The predicted octanol–water partition coefficient (Wildman–Crippen LogP) is 7.13. The Balaban J connectivity index is 0.000000179. The van der Waals surface area contributed by atoms with E-state index in [9.17, 15) is 68.4 Å². The van der Waals surface area contributed by atoms with Gasteiger partial charge in [0.1, 0.15) is 46.0 Å². The molecule has 2 spiro atoms. The zero-order valence-corrected chi connectivity index (χ0v) is 45.5. The van der Waals surface area contributed by atoms with Crippen LogP contribution in [0.2, 0.25) is 0 Å². The van der Waals surface area contributed by atoms with Crippen LogP contribution in [0.4, 0.5) is 0 Å². The number of benzene rings is 6. The first-order chi connectivity index (χ1) is 41.3. The molecule has 6 aliphatic heterocycles. The number of hydroxylamine groups is 4. The van der Waals surface area contributed by atoms with E-state index < -0.39 is 64.6 Å². The summed E-state index contributed by atoms with van der Waals surface area (Å²) in [4.78, 5) is 132. The molecule has 0 atom stereocenters. The van der Waals surface area contributed by atoms with Gasteiger partial charge < -0.3 is 59.7 Å². The molecular weight excluding hydrogens is 1120 g/mol. The summed E-state index contributed by atoms with van der Waals surface area (Å²) in [5.41, 5.74) is 0.866. The number of rotatable bonds is 16. The van der Waals surface area contributed by atoms with E-state index in [1.807, 2.05) is 0 Å². The number of carbonyl (C=O) groups is 10. The highest BCUT2D eigenvalue weighted by atomic mass is 16.7. The fourth-order valence-corrected chi connectivity index (χ4v) is 11.0. The Morgan fingerprint density at radius 3 is 1.20 bits per heavy atom. The number of phenols is 4. The molecule has 0 unspecified atom stereocenters. The molecule has 6 N–H and O–H groups in total. The molecule has 86 heavy (non-hydrogen) atoms. The summed E-state index contributed by atoms with van der Waals surface area (Å²) in [5.74, 6) is -4.73. The first-order valence-corrected chi connectivity index (χ1v) is 27.5. The predicted molar refractivity (Wildman–Crippen MR) is 292 cm³/mol. The molecule has 0 radical (unpaired) electrons. The summed E-state index contributed by atoms with van der Waals surface area (Å²) < 4.78 is 23.9. The lowest BCUT2D eigenvalue weighted by molar-refractivity contribution is -0.197. The second-order valence-electron chi connectivity index (χ2n) is 20.8. The lowest BCUT2D eigenvalue weighted by atomic mass is 9.77. The van der Waals surface area contributed by atoms with Gasteiger partial charge in [0.25, 0.3) is 35.4 Å². The van der Waals surface area contributed by atoms with Crippen molar-refractivity contribution in [3.8, 4) is 46.0 Å². The number of ether oxygens (including phenoxy) is 4. The largest absolute Gasteiger partial charge is 0.508 e. The first-order valence-electron chi connectivity index (χ1n) is 27.5. The maximum absolute atomic E-state index is 13.2. The van der Waals surface area contributed by atoms with Gasteiger partial charge in [-0.25, -0.2) is 19.2 Å². The standard InChI is InChI=1S/2C31H26N2O10/c34-18-6-9-22-24(15-18)41-25-16-19(35)7-10-23(25)31(22)21-8-5-17(14-20(21)30(40)42-31)29(39)32-13-3-1-2-4-28(38)43-33-26(36)11-12-27(33)37;34-18-6-9-21-24(15-18)41-25-16-19(35)7-10-22(25)31(21)23-14-17(5-8-20(23)30(40)42-31)29(39)32-13-3-1-2-4-28(38)43-33-26(36)11-12-27(33)37/h2*5-10,14-16,34-35H,1-4,11-13H2,(H,32,39). The Labute approximate surface area is 487 Å². The Morgan fingerprint density at radius 2 is 0.779 bits per heavy atom. The maximum Gasteiger partial charge on any atom is 0.340 e. The number of phenolic OH excluding ortho intramolecular Hbond substituents is 4. The van der Waals surface area contributed by atoms with Gasteiger partial charge in [-0.3, -0.25) is 28.8 Å². The van der Waals surface area contributed by atoms with Gasteiger partial charge in [-0.05, 0) is 105 Å². The lowest BCUT2D eigenvalue weighted by Gasteiger charge is -2.36. The number of nitrogens with one attached hydrogen (secondary N) is 2. The van der Waals surface area contributed by atoms with Crippen LogP contribution in [0.25, 0.3) is 0 Å². The molecule has 6 aromatic carbocycles. The van der Waals surface area contributed by atoms with Crippen LogP contribution in [0.3, 0.4) is 0 Å². The number of aromatic hydroxyl groups is 4. The van der Waals surface area contributed by atoms with Crippen molar-refractivity contribution in [1.29, 1.82) is 0 Å². The fourth-order valence-electron chi connectivity index (χ4n) is 11.0. The number of carbonyl (C=O) groups excluding carboxylic acids is 10. The fraction of sp³-hybridized carbons (Fsp3) is 0.258. The Kier molecular flexibility index (Phi) is 15.3. The van der Waals surface area contributed by atoms with Crippen molar-refractivity contribution < 1.29 is 97.0 Å². The summed E-state index contributed by atoms with van der Waals surface area (Å²) in [6.07, 6.45) is 3.35. The van der Waals surface area contributed by atoms with Crippen LogP contribution in [-0.2, 0) is 59.1 Å². The van der Waals surface area contributed by atoms with Crippen LogP contribution >= 0.6 is 0 Å². The van der Waals surface area contributed by atoms with Crippen LogP contribution in [0, 0.1) is 0 Å². The van der Waals surface area contributed by atoms with Crippen molar-refractivity contribution in [2.45, 2.75) is 88.3 Å². The molecule has 2 saturated heterocycles. The molecule has 6 amide bonds. The van der Waals surface area contributed by atoms with Gasteiger partial charge in [0, 0.05) is 120 Å². The van der Waals surface area contributed by atoms with Crippen molar-refractivity contribution in [3.63, 3.8) is 0 Å². The number of hydrogen-bond acceptors (Lipinski definition) is 20. The van der Waals surface area contributed by atoms with E-state index in [1.165, 1.54) is 66.7 Å². The molecule has 440 valence electrons. The van der Waals surface area contributed by atoms with Gasteiger partial charge in [0.05, 0.1) is 11.1 Å². The zero-order valence-electron chi connectivity index (χ0n) is 45.5. The number of nitrogens with zero attached hydrogens (tertiary/aromatic N) is 2. The third kappa shape index (κ3) is 10.7. The van der Waals surface area contributed by atoms with Gasteiger partial charge in [0.2, 0.25) is 0 Å². The summed E-state index contributed by atoms with van der Waals surface area (Å²) >= 11 is 0. The number of esters is 2. The van der Waals surface area contributed by atoms with Gasteiger partial charge in [-0.2, -0.15) is 0 Å². The molecule has 0 bridgehead atoms. The van der Waals surface area contributed by atoms with Crippen molar-refractivity contribution in [2.75, 3.05) is 13.1 Å². The van der Waals surface area contributed by atoms with Crippen LogP contribution < -0.4 is 20.1 Å². The highest BCUT2D eigenvalue weighted by Crippen LogP contribution is 2.59. The summed E-state index contributed by atoms with van der Waals surface area (Å²) in [5, 5.41) is 47.0. The highest BCUT2D eigenvalue weighted by molar-refractivity contribution is 6.04. The van der Waals surface area contributed by atoms with E-state index in [0.717, 1.165) is 0 Å². The molecule has 0 aliphatic carbocycles. The minimum absolute atomic E-state index is 0.0220. The van der Waals surface area contributed by atoms with Crippen molar-refractivity contribution in [1.82, 2.24) is 20.8 Å². The number of imide groups is 2. The number of unbranched alkanes of at least 4 members (excludes halogenated alkanes) is 4. The van der Waals surface area contributed by atoms with Gasteiger partial charge in [-0.15, -0.1) is 10.1 Å². The molecule has 6 aromatic rings. The molecular formula is C62H52N4O20. The molecule has 0 aromatic heterocycles. The second-order valence-corrected chi connectivity index (χ2v) is 20.8. The summed E-state index contributed by atoms with van der Waals surface area (Å²) in [6, 6.07) is 27.1. The second kappa shape index (κ2) is 23.1. The Morgan fingerprint density at radius 1 is 0.419 bits per heavy atom. The third-order valence-corrected chi connectivity index (χ3v) is 15.2. The molecule has 2 fully saturated rings. The van der Waals surface area contributed by atoms with Gasteiger partial charge >= 0.3 is 23.9 Å². The summed E-state index contributed by atoms with van der Waals surface area (Å²) in [7, 11) is 0. The first kappa shape index (κ1) is 57.1. The smallest absolute Gasteiger partial charge is 0.340 e. The quantitative estimate of drug-likeness (QED) is 0.0319. The average molecular weight is 1170 g/mol. The minimum atomic E-state index is -1.48. The molecule has 12 rings (SSSR count). The topological polar surface area (TPSA) is 338 Å². The molecule has 0 saturated carbocycles. The van der Waals surface area contributed by atoms with Crippen molar-refractivity contribution >= 4 is 59.3 Å². The minimum Gasteiger partial charge on any atom is -0.508 e. The van der Waals surface area contributed by atoms with E-state index in [1.54, 1.807) is 42.5 Å². The van der Waals surface area contributed by atoms with Crippen LogP contribution in [0.5, 0.6) is 46.0 Å². The zero-order chi connectivity index (χ0) is 60.6. The van der Waals surface area contributed by atoms with Crippen molar-refractivity contribution in [2.24, 2.45) is 0 Å². The van der Waals surface area contributed by atoms with Crippen LogP contribution in [0.15, 0.2) is 109 Å². The van der Waals surface area contributed by atoms with E-state index in [0.29, 0.717) is 95.1 Å². The molecule has 6 aliphatic rings. The summed E-state index contributed by atoms with van der Waals surface area (Å²) in [6.45, 7) is 0.625. The van der Waals surface area contributed by atoms with E-state index in [-0.39, 0.29) is 113 Å². The SMILES string of the molecule is O=C(CCCCCNC(=O)c1ccc2c(c1)C(=O)OC21c2ccc(O)cc2Oc2cc(O)ccc21)ON1C(=O)CCC1=O.O=C(CCCCCNC(=O)c1ccc2c(c1)C1(OC2=O)c2ccc(O)cc2Oc2cc(O)ccc21)ON1C(=O)CCC1=O. The highest BCUT2D eigenvalue weighted by Gasteiger charge is 2.55. The normalized spacial score (nSPS) is 15.8. The van der Waals surface area contributed by atoms with E-state index in [4.69, 9.17) is 28.6 Å². The van der Waals surface area contributed by atoms with Crippen molar-refractivity contribution in [3.05, 3.63) is 165 Å². The Bertz CT molecular complexity index is 3760. The van der Waals surface area contributed by atoms with Crippen LogP contribution in [0.1, 0.15) is 152 Å². The monoisotopic (exact) mass is 1170 g/mol. The van der Waals surface area contributed by atoms with Gasteiger partial charge in [-0.1, -0.05) is 18.9 Å². The molecule has 24 nitrogen and oxygen atoms in total. The molecule has 24 heteroatoms. The third-order valence-electron chi connectivity index (χ3n) is 15.2. The van der Waals surface area contributed by atoms with E-state index >= 15 is 0 Å². The molecule has 6 heterocycles. The maximum atomic E-state index is 13.2.